The molecule has 30 heavy (non-hydrogen) atoms. The lowest BCUT2D eigenvalue weighted by Crippen LogP contribution is -2.31. The van der Waals surface area contributed by atoms with Crippen LogP contribution in [0, 0.1) is 0 Å². The molecule has 0 aromatic rings. The molecule has 9 heteroatoms. The molecule has 2 aliphatic rings. The van der Waals surface area contributed by atoms with Gasteiger partial charge in [0.15, 0.2) is 5.78 Å². The Morgan fingerprint density at radius 3 is 1.73 bits per heavy atom. The average molecular weight is 427 g/mol. The highest BCUT2D eigenvalue weighted by Gasteiger charge is 2.53. The molecule has 0 spiro atoms. The Kier molecular flexibility index (Phi) is 9.64. The molecule has 0 atom stereocenters. The van der Waals surface area contributed by atoms with Crippen LogP contribution in [0.1, 0.15) is 46.0 Å². The van der Waals surface area contributed by atoms with Crippen molar-refractivity contribution in [3.05, 3.63) is 11.8 Å². The molecule has 0 heterocycles. The fraction of sp³-hybridized carbons (Fsp3) is 0.714. The average Bonchev–Trinajstić information content (AvgIpc) is 3.61. The van der Waals surface area contributed by atoms with Gasteiger partial charge in [-0.05, 0) is 39.5 Å². The first kappa shape index (κ1) is 25.8. The summed E-state index contributed by atoms with van der Waals surface area (Å²) < 4.78 is 19.8. The van der Waals surface area contributed by atoms with E-state index < -0.39 is 23.1 Å². The molecule has 0 saturated heterocycles. The number of carbonyl (C=O) groups excluding carboxylic acids is 4. The number of hydrogen-bond acceptors (Lipinski definition) is 9. The van der Waals surface area contributed by atoms with Crippen LogP contribution in [0.3, 0.4) is 0 Å². The van der Waals surface area contributed by atoms with E-state index in [1.54, 1.807) is 32.8 Å². The van der Waals surface area contributed by atoms with Crippen LogP contribution < -0.4 is 0 Å². The van der Waals surface area contributed by atoms with Crippen molar-refractivity contribution in [1.29, 1.82) is 0 Å². The fourth-order valence-electron chi connectivity index (χ4n) is 2.77. The summed E-state index contributed by atoms with van der Waals surface area (Å²) in [6.07, 6.45) is 4.09. The van der Waals surface area contributed by atoms with Crippen LogP contribution in [0.5, 0.6) is 0 Å². The zero-order valence-corrected chi connectivity index (χ0v) is 18.7. The molecule has 9 nitrogen and oxygen atoms in total. The van der Waals surface area contributed by atoms with Gasteiger partial charge in [-0.25, -0.2) is 4.79 Å². The Morgan fingerprint density at radius 2 is 1.37 bits per heavy atom. The molecule has 2 saturated carbocycles. The van der Waals surface area contributed by atoms with Crippen molar-refractivity contribution in [3.63, 3.8) is 0 Å². The van der Waals surface area contributed by atoms with Gasteiger partial charge in [-0.2, -0.15) is 0 Å². The number of ether oxygens (including phenoxy) is 4. The summed E-state index contributed by atoms with van der Waals surface area (Å²) in [6.45, 7) is 3.98. The van der Waals surface area contributed by atoms with Crippen molar-refractivity contribution in [2.75, 3.05) is 41.5 Å². The fourth-order valence-corrected chi connectivity index (χ4v) is 2.77. The summed E-state index contributed by atoms with van der Waals surface area (Å²) in [5.41, 5.74) is -1.40. The van der Waals surface area contributed by atoms with Gasteiger partial charge in [-0.3, -0.25) is 14.4 Å². The number of hydrogen-bond donors (Lipinski definition) is 0. The van der Waals surface area contributed by atoms with Crippen molar-refractivity contribution < 1.29 is 38.1 Å². The van der Waals surface area contributed by atoms with E-state index in [1.165, 1.54) is 20.4 Å². The van der Waals surface area contributed by atoms with Gasteiger partial charge in [0.2, 0.25) is 5.78 Å². The van der Waals surface area contributed by atoms with Crippen LogP contribution >= 0.6 is 0 Å². The smallest absolute Gasteiger partial charge is 0.343 e. The van der Waals surface area contributed by atoms with E-state index in [1.807, 2.05) is 0 Å². The van der Waals surface area contributed by atoms with Gasteiger partial charge in [0.25, 0.3) is 0 Å². The van der Waals surface area contributed by atoms with E-state index in [4.69, 9.17) is 14.2 Å². The van der Waals surface area contributed by atoms with E-state index in [2.05, 4.69) is 4.74 Å². The van der Waals surface area contributed by atoms with Crippen molar-refractivity contribution in [2.45, 2.75) is 57.2 Å². The zero-order chi connectivity index (χ0) is 22.9. The quantitative estimate of drug-likeness (QED) is 0.209. The van der Waals surface area contributed by atoms with Crippen LogP contribution in [-0.2, 0) is 38.1 Å². The number of esters is 2. The van der Waals surface area contributed by atoms with Gasteiger partial charge in [-0.1, -0.05) is 0 Å². The summed E-state index contributed by atoms with van der Waals surface area (Å²) in [5, 5.41) is 0. The lowest BCUT2D eigenvalue weighted by molar-refractivity contribution is -0.148. The highest BCUT2D eigenvalue weighted by atomic mass is 16.5. The second-order valence-electron chi connectivity index (χ2n) is 7.36. The number of methoxy groups -OCH3 is 2. The van der Waals surface area contributed by atoms with Gasteiger partial charge >= 0.3 is 11.9 Å². The van der Waals surface area contributed by atoms with E-state index in [-0.39, 0.29) is 30.2 Å². The minimum atomic E-state index is -0.797. The summed E-state index contributed by atoms with van der Waals surface area (Å²) in [7, 11) is 6.48. The van der Waals surface area contributed by atoms with Crippen LogP contribution in [-0.4, -0.2) is 81.1 Å². The molecular formula is C21H33NO8. The Balaban J connectivity index is 0.000000311. The summed E-state index contributed by atoms with van der Waals surface area (Å²) in [4.78, 5) is 47.9. The van der Waals surface area contributed by atoms with Crippen molar-refractivity contribution in [2.24, 2.45) is 0 Å². The molecule has 0 aliphatic heterocycles. The van der Waals surface area contributed by atoms with E-state index >= 15 is 0 Å². The minimum Gasteiger partial charge on any atom is -0.466 e. The number of ketones is 2. The van der Waals surface area contributed by atoms with Gasteiger partial charge in [-0.15, -0.1) is 0 Å². The van der Waals surface area contributed by atoms with Gasteiger partial charge in [0.05, 0.1) is 13.2 Å². The normalized spacial score (nSPS) is 17.7. The molecule has 2 aliphatic carbocycles. The number of rotatable bonds is 11. The minimum absolute atomic E-state index is 0.0520. The van der Waals surface area contributed by atoms with Gasteiger partial charge < -0.3 is 23.8 Å². The monoisotopic (exact) mass is 427 g/mol. The Labute approximate surface area is 177 Å². The van der Waals surface area contributed by atoms with Crippen LogP contribution in [0.25, 0.3) is 0 Å². The van der Waals surface area contributed by atoms with Crippen molar-refractivity contribution in [1.82, 2.24) is 4.90 Å². The van der Waals surface area contributed by atoms with Crippen molar-refractivity contribution >= 4 is 23.5 Å². The van der Waals surface area contributed by atoms with Crippen LogP contribution in [0.2, 0.25) is 0 Å². The molecule has 0 unspecified atom stereocenters. The topological polar surface area (TPSA) is 108 Å². The Morgan fingerprint density at radius 1 is 0.867 bits per heavy atom. The second-order valence-corrected chi connectivity index (χ2v) is 7.36. The number of nitrogens with zero attached hydrogens (tertiary/aromatic N) is 1. The van der Waals surface area contributed by atoms with E-state index in [0.29, 0.717) is 19.4 Å². The third kappa shape index (κ3) is 6.91. The first-order valence-electron chi connectivity index (χ1n) is 10.0. The maximum Gasteiger partial charge on any atom is 0.343 e. The molecule has 0 bridgehead atoms. The third-order valence-corrected chi connectivity index (χ3v) is 4.85. The number of Topliss-reactive ketones (excluding diaryl/α,β-unsaturated/α-hetero) is 2. The first-order chi connectivity index (χ1) is 14.1. The molecule has 0 radical (unpaired) electrons. The summed E-state index contributed by atoms with van der Waals surface area (Å²) in [6, 6.07) is 0. The summed E-state index contributed by atoms with van der Waals surface area (Å²) in [5.74, 6) is -1.49. The highest BCUT2D eigenvalue weighted by molar-refractivity contribution is 6.21. The molecule has 0 aromatic heterocycles. The molecule has 0 aromatic carbocycles. The lowest BCUT2D eigenvalue weighted by atomic mass is 10.1. The Bertz CT molecular complexity index is 674. The summed E-state index contributed by atoms with van der Waals surface area (Å²) >= 11 is 0. The highest BCUT2D eigenvalue weighted by Crippen LogP contribution is 2.42. The maximum atomic E-state index is 12.2. The number of carbonyl (C=O) groups is 4. The van der Waals surface area contributed by atoms with E-state index in [0.717, 1.165) is 12.8 Å². The molecule has 170 valence electrons. The van der Waals surface area contributed by atoms with E-state index in [9.17, 15) is 19.2 Å². The molecular weight excluding hydrogens is 394 g/mol. The standard InChI is InChI=1S/C12H19NO4.C9H14O4/c1-5-17-11(15)9(8-13(2)3)10(14)12(16-4)6-7-12;1-3-13-8(11)6-7(10)9(12-2)4-5-9/h8H,5-7H2,1-4H3;3-6H2,1-2H3/b9-8-;. The third-order valence-electron chi connectivity index (χ3n) is 4.85. The van der Waals surface area contributed by atoms with Crippen LogP contribution in [0.15, 0.2) is 11.8 Å². The molecule has 0 amide bonds. The largest absolute Gasteiger partial charge is 0.466 e. The SMILES string of the molecule is CCOC(=O)/C(=C\N(C)C)C(=O)C1(OC)CC1.CCOC(=O)CC(=O)C1(OC)CC1. The molecule has 2 fully saturated rings. The molecule has 2 rings (SSSR count). The first-order valence-corrected chi connectivity index (χ1v) is 10.0. The maximum absolute atomic E-state index is 12.2. The second kappa shape index (κ2) is 11.2. The van der Waals surface area contributed by atoms with Gasteiger partial charge in [0, 0.05) is 34.5 Å². The zero-order valence-electron chi connectivity index (χ0n) is 18.7. The molecule has 0 N–H and O–H groups in total. The van der Waals surface area contributed by atoms with Crippen LogP contribution in [0.4, 0.5) is 0 Å². The predicted molar refractivity (Wildman–Crippen MR) is 108 cm³/mol. The Hall–Kier alpha value is -2.26. The van der Waals surface area contributed by atoms with Crippen molar-refractivity contribution in [3.8, 4) is 0 Å². The van der Waals surface area contributed by atoms with Gasteiger partial charge in [0.1, 0.15) is 23.2 Å². The predicted octanol–water partition coefficient (Wildman–Crippen LogP) is 1.43. The lowest BCUT2D eigenvalue weighted by Gasteiger charge is -2.15.